The molecule has 2 rings (SSSR count). The minimum atomic E-state index is -0.524. The van der Waals surface area contributed by atoms with Crippen LogP contribution in [0.1, 0.15) is 38.7 Å². The number of benzene rings is 1. The van der Waals surface area contributed by atoms with Crippen LogP contribution in [0.15, 0.2) is 24.3 Å². The number of carbonyl (C=O) groups is 1. The lowest BCUT2D eigenvalue weighted by atomic mass is 10.2. The second-order valence-corrected chi connectivity index (χ2v) is 5.63. The summed E-state index contributed by atoms with van der Waals surface area (Å²) in [6, 6.07) is 8.99. The van der Waals surface area contributed by atoms with Crippen molar-refractivity contribution in [3.8, 4) is 11.8 Å². The standard InChI is InChI=1S/C17H22N2O2/c1-3-9-19(12-14-7-8-14)17(20)13(2)21-16-6-4-5-15(10-16)11-18/h4-6,10,13-14H,3,7-9,12H2,1-2H3. The summed E-state index contributed by atoms with van der Waals surface area (Å²) in [5, 5.41) is 8.89. The van der Waals surface area contributed by atoms with Crippen LogP contribution >= 0.6 is 0 Å². The molecule has 0 saturated heterocycles. The maximum Gasteiger partial charge on any atom is 0.263 e. The smallest absolute Gasteiger partial charge is 0.263 e. The lowest BCUT2D eigenvalue weighted by Crippen LogP contribution is -2.42. The van der Waals surface area contributed by atoms with E-state index in [1.165, 1.54) is 12.8 Å². The summed E-state index contributed by atoms with van der Waals surface area (Å²) in [5.41, 5.74) is 0.538. The number of nitrogens with zero attached hydrogens (tertiary/aromatic N) is 2. The van der Waals surface area contributed by atoms with Crippen molar-refractivity contribution in [1.29, 1.82) is 5.26 Å². The molecule has 0 aliphatic heterocycles. The third kappa shape index (κ3) is 4.49. The van der Waals surface area contributed by atoms with Gasteiger partial charge in [0.2, 0.25) is 0 Å². The first kappa shape index (κ1) is 15.4. The molecule has 0 N–H and O–H groups in total. The zero-order valence-corrected chi connectivity index (χ0v) is 12.7. The molecule has 21 heavy (non-hydrogen) atoms. The highest BCUT2D eigenvalue weighted by molar-refractivity contribution is 5.81. The van der Waals surface area contributed by atoms with Crippen molar-refractivity contribution in [2.75, 3.05) is 13.1 Å². The van der Waals surface area contributed by atoms with Gasteiger partial charge in [0.1, 0.15) is 5.75 Å². The summed E-state index contributed by atoms with van der Waals surface area (Å²) < 4.78 is 5.71. The fraction of sp³-hybridized carbons (Fsp3) is 0.529. The Labute approximate surface area is 126 Å². The van der Waals surface area contributed by atoms with Crippen LogP contribution in [-0.4, -0.2) is 30.0 Å². The predicted octanol–water partition coefficient (Wildman–Crippen LogP) is 2.97. The van der Waals surface area contributed by atoms with Gasteiger partial charge in [0, 0.05) is 13.1 Å². The SMILES string of the molecule is CCCN(CC1CC1)C(=O)C(C)Oc1cccc(C#N)c1. The lowest BCUT2D eigenvalue weighted by Gasteiger charge is -2.25. The van der Waals surface area contributed by atoms with Gasteiger partial charge in [-0.2, -0.15) is 5.26 Å². The van der Waals surface area contributed by atoms with Crippen LogP contribution in [0.3, 0.4) is 0 Å². The van der Waals surface area contributed by atoms with Crippen LogP contribution < -0.4 is 4.74 Å². The maximum atomic E-state index is 12.5. The Bertz CT molecular complexity index is 532. The molecule has 112 valence electrons. The second kappa shape index (κ2) is 7.12. The second-order valence-electron chi connectivity index (χ2n) is 5.63. The molecule has 1 fully saturated rings. The molecule has 1 aromatic rings. The van der Waals surface area contributed by atoms with Gasteiger partial charge in [0.25, 0.3) is 5.91 Å². The quantitative estimate of drug-likeness (QED) is 0.774. The Kier molecular flexibility index (Phi) is 5.21. The Morgan fingerprint density at radius 2 is 2.29 bits per heavy atom. The van der Waals surface area contributed by atoms with Gasteiger partial charge in [-0.15, -0.1) is 0 Å². The third-order valence-corrected chi connectivity index (χ3v) is 3.60. The van der Waals surface area contributed by atoms with Crippen molar-refractivity contribution in [3.63, 3.8) is 0 Å². The van der Waals surface area contributed by atoms with E-state index >= 15 is 0 Å². The van der Waals surface area contributed by atoms with Crippen LogP contribution in [0, 0.1) is 17.2 Å². The van der Waals surface area contributed by atoms with Crippen molar-refractivity contribution in [2.45, 2.75) is 39.2 Å². The number of amides is 1. The van der Waals surface area contributed by atoms with Gasteiger partial charge in [-0.1, -0.05) is 13.0 Å². The summed E-state index contributed by atoms with van der Waals surface area (Å²) in [6.45, 7) is 5.48. The highest BCUT2D eigenvalue weighted by Crippen LogP contribution is 2.30. The first-order chi connectivity index (χ1) is 10.1. The summed E-state index contributed by atoms with van der Waals surface area (Å²) in [7, 11) is 0. The highest BCUT2D eigenvalue weighted by atomic mass is 16.5. The molecule has 0 heterocycles. The first-order valence-corrected chi connectivity index (χ1v) is 7.59. The molecule has 0 aromatic heterocycles. The van der Waals surface area contributed by atoms with Crippen molar-refractivity contribution in [3.05, 3.63) is 29.8 Å². The van der Waals surface area contributed by atoms with E-state index in [2.05, 4.69) is 13.0 Å². The van der Waals surface area contributed by atoms with Crippen molar-refractivity contribution >= 4 is 5.91 Å². The monoisotopic (exact) mass is 286 g/mol. The van der Waals surface area contributed by atoms with Crippen molar-refractivity contribution in [1.82, 2.24) is 4.90 Å². The van der Waals surface area contributed by atoms with E-state index in [4.69, 9.17) is 10.00 Å². The first-order valence-electron chi connectivity index (χ1n) is 7.59. The number of hydrogen-bond acceptors (Lipinski definition) is 3. The minimum absolute atomic E-state index is 0.0334. The van der Waals surface area contributed by atoms with Crippen LogP contribution in [-0.2, 0) is 4.79 Å². The normalized spacial score (nSPS) is 15.1. The molecule has 1 aromatic carbocycles. The largest absolute Gasteiger partial charge is 0.481 e. The van der Waals surface area contributed by atoms with E-state index in [0.29, 0.717) is 17.2 Å². The van der Waals surface area contributed by atoms with E-state index < -0.39 is 6.10 Å². The Balaban J connectivity index is 1.97. The molecule has 4 nitrogen and oxygen atoms in total. The third-order valence-electron chi connectivity index (χ3n) is 3.60. The maximum absolute atomic E-state index is 12.5. The van der Waals surface area contributed by atoms with Gasteiger partial charge in [0.15, 0.2) is 6.10 Å². The molecule has 1 amide bonds. The lowest BCUT2D eigenvalue weighted by molar-refractivity contribution is -0.138. The zero-order valence-electron chi connectivity index (χ0n) is 12.7. The fourth-order valence-electron chi connectivity index (χ4n) is 2.32. The fourth-order valence-corrected chi connectivity index (χ4v) is 2.32. The summed E-state index contributed by atoms with van der Waals surface area (Å²) >= 11 is 0. The molecular formula is C17H22N2O2. The number of nitriles is 1. The zero-order chi connectivity index (χ0) is 15.2. The molecular weight excluding hydrogens is 264 g/mol. The molecule has 4 heteroatoms. The average Bonchev–Trinajstić information content (AvgIpc) is 3.30. The topological polar surface area (TPSA) is 53.3 Å². The molecule has 0 radical (unpaired) electrons. The van der Waals surface area contributed by atoms with Gasteiger partial charge >= 0.3 is 0 Å². The predicted molar refractivity (Wildman–Crippen MR) is 80.8 cm³/mol. The Morgan fingerprint density at radius 1 is 1.52 bits per heavy atom. The van der Waals surface area contributed by atoms with Gasteiger partial charge in [-0.05, 0) is 50.3 Å². The highest BCUT2D eigenvalue weighted by Gasteiger charge is 2.29. The Hall–Kier alpha value is -2.02. The van der Waals surface area contributed by atoms with Gasteiger partial charge in [0.05, 0.1) is 11.6 Å². The van der Waals surface area contributed by atoms with Crippen LogP contribution in [0.5, 0.6) is 5.75 Å². The van der Waals surface area contributed by atoms with Crippen LogP contribution in [0.2, 0.25) is 0 Å². The molecule has 1 aliphatic carbocycles. The number of carbonyl (C=O) groups excluding carboxylic acids is 1. The number of hydrogen-bond donors (Lipinski definition) is 0. The Morgan fingerprint density at radius 3 is 2.90 bits per heavy atom. The van der Waals surface area contributed by atoms with E-state index in [-0.39, 0.29) is 5.91 Å². The van der Waals surface area contributed by atoms with Crippen LogP contribution in [0.4, 0.5) is 0 Å². The van der Waals surface area contributed by atoms with Crippen molar-refractivity contribution in [2.24, 2.45) is 5.92 Å². The molecule has 0 spiro atoms. The van der Waals surface area contributed by atoms with E-state index in [1.54, 1.807) is 31.2 Å². The summed E-state index contributed by atoms with van der Waals surface area (Å²) in [4.78, 5) is 14.4. The van der Waals surface area contributed by atoms with Crippen molar-refractivity contribution < 1.29 is 9.53 Å². The van der Waals surface area contributed by atoms with Gasteiger partial charge in [-0.3, -0.25) is 4.79 Å². The summed E-state index contributed by atoms with van der Waals surface area (Å²) in [5.74, 6) is 1.28. The van der Waals surface area contributed by atoms with E-state index in [1.807, 2.05) is 4.90 Å². The molecule has 1 atom stereocenters. The summed E-state index contributed by atoms with van der Waals surface area (Å²) in [6.07, 6.45) is 2.89. The average molecular weight is 286 g/mol. The van der Waals surface area contributed by atoms with E-state index in [9.17, 15) is 4.79 Å². The van der Waals surface area contributed by atoms with Crippen LogP contribution in [0.25, 0.3) is 0 Å². The molecule has 0 bridgehead atoms. The molecule has 1 saturated carbocycles. The molecule has 1 aliphatic rings. The number of ether oxygens (including phenoxy) is 1. The minimum Gasteiger partial charge on any atom is -0.481 e. The number of rotatable bonds is 7. The van der Waals surface area contributed by atoms with Gasteiger partial charge < -0.3 is 9.64 Å². The molecule has 1 unspecified atom stereocenters. The van der Waals surface area contributed by atoms with Gasteiger partial charge in [-0.25, -0.2) is 0 Å². The van der Waals surface area contributed by atoms with E-state index in [0.717, 1.165) is 19.5 Å².